The number of nitrogens with one attached hydrogen (secondary N) is 1. The van der Waals surface area contributed by atoms with Crippen LogP contribution in [0.1, 0.15) is 38.3 Å². The number of hydrogen-bond donors (Lipinski definition) is 1. The number of hydrogen-bond acceptors (Lipinski definition) is 1. The Morgan fingerprint density at radius 3 is 2.92 bits per heavy atom. The monoisotopic (exact) mass is 180 g/mol. The summed E-state index contributed by atoms with van der Waals surface area (Å²) in [6, 6.07) is 2.65. The third-order valence-electron chi connectivity index (χ3n) is 2.48. The molecule has 0 fully saturated rings. The number of nitrogens with zero attached hydrogens (tertiary/aromatic N) is 1. The second kappa shape index (κ2) is 5.07. The molecule has 1 aromatic heterocycles. The molecule has 0 radical (unpaired) electrons. The molecule has 0 saturated carbocycles. The standard InChI is InChI=1S/C11H20N2/c1-4-5-7-13-8-6-11(9-13)10(2)12-3/h6,8-10,12H,4-5,7H2,1-3H3. The van der Waals surface area contributed by atoms with Crippen LogP contribution in [0.25, 0.3) is 0 Å². The molecule has 1 rings (SSSR count). The van der Waals surface area contributed by atoms with Crippen molar-refractivity contribution in [2.24, 2.45) is 0 Å². The van der Waals surface area contributed by atoms with Gasteiger partial charge in [0.05, 0.1) is 0 Å². The van der Waals surface area contributed by atoms with Crippen LogP contribution >= 0.6 is 0 Å². The minimum atomic E-state index is 0.461. The molecule has 2 nitrogen and oxygen atoms in total. The summed E-state index contributed by atoms with van der Waals surface area (Å²) in [5.74, 6) is 0. The molecular weight excluding hydrogens is 160 g/mol. The maximum absolute atomic E-state index is 3.24. The Bertz CT molecular complexity index is 240. The Labute approximate surface area is 81.0 Å². The molecule has 1 heterocycles. The van der Waals surface area contributed by atoms with Gasteiger partial charge in [0.25, 0.3) is 0 Å². The average molecular weight is 180 g/mol. The van der Waals surface area contributed by atoms with Crippen molar-refractivity contribution in [1.29, 1.82) is 0 Å². The number of aryl methyl sites for hydroxylation is 1. The number of unbranched alkanes of at least 4 members (excludes halogenated alkanes) is 1. The normalized spacial score (nSPS) is 13.2. The van der Waals surface area contributed by atoms with Crippen molar-refractivity contribution in [2.75, 3.05) is 7.05 Å². The summed E-state index contributed by atoms with van der Waals surface area (Å²) in [4.78, 5) is 0. The zero-order valence-electron chi connectivity index (χ0n) is 8.88. The summed E-state index contributed by atoms with van der Waals surface area (Å²) in [7, 11) is 1.99. The second-order valence-electron chi connectivity index (χ2n) is 3.55. The molecule has 13 heavy (non-hydrogen) atoms. The molecule has 1 atom stereocenters. The predicted octanol–water partition coefficient (Wildman–Crippen LogP) is 2.57. The summed E-state index contributed by atoms with van der Waals surface area (Å²) < 4.78 is 2.27. The van der Waals surface area contributed by atoms with Crippen LogP contribution in [0.5, 0.6) is 0 Å². The lowest BCUT2D eigenvalue weighted by Crippen LogP contribution is -2.11. The Balaban J connectivity index is 2.53. The van der Waals surface area contributed by atoms with Crippen molar-refractivity contribution < 1.29 is 0 Å². The summed E-state index contributed by atoms with van der Waals surface area (Å²) in [5.41, 5.74) is 1.37. The van der Waals surface area contributed by atoms with Gasteiger partial charge in [-0.3, -0.25) is 0 Å². The van der Waals surface area contributed by atoms with Gasteiger partial charge < -0.3 is 9.88 Å². The fourth-order valence-electron chi connectivity index (χ4n) is 1.36. The van der Waals surface area contributed by atoms with Crippen LogP contribution in [0.2, 0.25) is 0 Å². The molecule has 0 saturated heterocycles. The molecule has 1 aromatic rings. The van der Waals surface area contributed by atoms with Crippen LogP contribution < -0.4 is 5.32 Å². The van der Waals surface area contributed by atoms with E-state index in [0.717, 1.165) is 6.54 Å². The van der Waals surface area contributed by atoms with Gasteiger partial charge in [-0.05, 0) is 32.0 Å². The van der Waals surface area contributed by atoms with Crippen molar-refractivity contribution in [3.8, 4) is 0 Å². The van der Waals surface area contributed by atoms with Gasteiger partial charge in [-0.25, -0.2) is 0 Å². The van der Waals surface area contributed by atoms with Gasteiger partial charge in [0, 0.05) is 25.0 Å². The van der Waals surface area contributed by atoms with E-state index in [1.165, 1.54) is 18.4 Å². The van der Waals surface area contributed by atoms with Crippen molar-refractivity contribution in [3.05, 3.63) is 24.0 Å². The van der Waals surface area contributed by atoms with Gasteiger partial charge in [0.2, 0.25) is 0 Å². The highest BCUT2D eigenvalue weighted by Gasteiger charge is 2.03. The van der Waals surface area contributed by atoms with Crippen LogP contribution in [0.15, 0.2) is 18.5 Å². The van der Waals surface area contributed by atoms with Crippen molar-refractivity contribution in [2.45, 2.75) is 39.3 Å². The van der Waals surface area contributed by atoms with E-state index < -0.39 is 0 Å². The minimum Gasteiger partial charge on any atom is -0.354 e. The molecule has 0 amide bonds. The average Bonchev–Trinajstić information content (AvgIpc) is 2.62. The first kappa shape index (κ1) is 10.3. The minimum absolute atomic E-state index is 0.461. The van der Waals surface area contributed by atoms with Gasteiger partial charge in [0.15, 0.2) is 0 Å². The maximum Gasteiger partial charge on any atom is 0.0304 e. The fraction of sp³-hybridized carbons (Fsp3) is 0.636. The Hall–Kier alpha value is -0.760. The van der Waals surface area contributed by atoms with Crippen LogP contribution in [0.4, 0.5) is 0 Å². The lowest BCUT2D eigenvalue weighted by molar-refractivity contribution is 0.620. The van der Waals surface area contributed by atoms with Gasteiger partial charge in [-0.1, -0.05) is 13.3 Å². The highest BCUT2D eigenvalue weighted by Crippen LogP contribution is 2.12. The molecular formula is C11H20N2. The molecule has 0 bridgehead atoms. The first-order valence-corrected chi connectivity index (χ1v) is 5.11. The van der Waals surface area contributed by atoms with E-state index in [1.54, 1.807) is 0 Å². The van der Waals surface area contributed by atoms with Crippen molar-refractivity contribution in [3.63, 3.8) is 0 Å². The first-order chi connectivity index (χ1) is 6.27. The summed E-state index contributed by atoms with van der Waals surface area (Å²) in [6.07, 6.45) is 6.92. The molecule has 0 spiro atoms. The summed E-state index contributed by atoms with van der Waals surface area (Å²) in [5, 5.41) is 3.24. The largest absolute Gasteiger partial charge is 0.354 e. The Kier molecular flexibility index (Phi) is 4.03. The SMILES string of the molecule is CCCCn1ccc(C(C)NC)c1. The van der Waals surface area contributed by atoms with E-state index in [0.29, 0.717) is 6.04 Å². The molecule has 0 aromatic carbocycles. The molecule has 0 aliphatic rings. The molecule has 2 heteroatoms. The van der Waals surface area contributed by atoms with Crippen molar-refractivity contribution in [1.82, 2.24) is 9.88 Å². The summed E-state index contributed by atoms with van der Waals surface area (Å²) in [6.45, 7) is 5.55. The lowest BCUT2D eigenvalue weighted by atomic mass is 10.2. The molecule has 0 aliphatic carbocycles. The zero-order valence-corrected chi connectivity index (χ0v) is 8.88. The molecule has 0 aliphatic heterocycles. The van der Waals surface area contributed by atoms with Crippen molar-refractivity contribution >= 4 is 0 Å². The molecule has 1 N–H and O–H groups in total. The van der Waals surface area contributed by atoms with Crippen LogP contribution in [0, 0.1) is 0 Å². The smallest absolute Gasteiger partial charge is 0.0304 e. The van der Waals surface area contributed by atoms with Crippen LogP contribution in [0.3, 0.4) is 0 Å². The third kappa shape index (κ3) is 2.88. The van der Waals surface area contributed by atoms with Gasteiger partial charge in [-0.15, -0.1) is 0 Å². The Morgan fingerprint density at radius 1 is 1.54 bits per heavy atom. The topological polar surface area (TPSA) is 17.0 Å². The van der Waals surface area contributed by atoms with Crippen LogP contribution in [-0.2, 0) is 6.54 Å². The van der Waals surface area contributed by atoms with E-state index in [4.69, 9.17) is 0 Å². The molecule has 74 valence electrons. The molecule has 1 unspecified atom stereocenters. The van der Waals surface area contributed by atoms with Gasteiger partial charge >= 0.3 is 0 Å². The fourth-order valence-corrected chi connectivity index (χ4v) is 1.36. The number of rotatable bonds is 5. The van der Waals surface area contributed by atoms with Crippen LogP contribution in [-0.4, -0.2) is 11.6 Å². The third-order valence-corrected chi connectivity index (χ3v) is 2.48. The van der Waals surface area contributed by atoms with E-state index in [2.05, 4.69) is 42.2 Å². The van der Waals surface area contributed by atoms with Gasteiger partial charge in [0.1, 0.15) is 0 Å². The predicted molar refractivity (Wildman–Crippen MR) is 56.8 cm³/mol. The second-order valence-corrected chi connectivity index (χ2v) is 3.55. The summed E-state index contributed by atoms with van der Waals surface area (Å²) >= 11 is 0. The zero-order chi connectivity index (χ0) is 9.68. The maximum atomic E-state index is 3.24. The van der Waals surface area contributed by atoms with E-state index >= 15 is 0 Å². The Morgan fingerprint density at radius 2 is 2.31 bits per heavy atom. The van der Waals surface area contributed by atoms with E-state index in [-0.39, 0.29) is 0 Å². The first-order valence-electron chi connectivity index (χ1n) is 5.11. The highest BCUT2D eigenvalue weighted by atomic mass is 14.9. The van der Waals surface area contributed by atoms with E-state index in [1.807, 2.05) is 7.05 Å². The number of aromatic nitrogens is 1. The van der Waals surface area contributed by atoms with E-state index in [9.17, 15) is 0 Å². The highest BCUT2D eigenvalue weighted by molar-refractivity contribution is 5.14. The quantitative estimate of drug-likeness (QED) is 0.737. The van der Waals surface area contributed by atoms with Gasteiger partial charge in [-0.2, -0.15) is 0 Å². The lowest BCUT2D eigenvalue weighted by Gasteiger charge is -2.06.